The van der Waals surface area contributed by atoms with Crippen molar-refractivity contribution in [2.75, 3.05) is 19.7 Å². The van der Waals surface area contributed by atoms with Gasteiger partial charge in [-0.1, -0.05) is 47.5 Å². The van der Waals surface area contributed by atoms with Crippen molar-refractivity contribution in [3.63, 3.8) is 0 Å². The topological polar surface area (TPSA) is 79.3 Å². The molecule has 1 fully saturated rings. The van der Waals surface area contributed by atoms with Gasteiger partial charge >= 0.3 is 5.37 Å². The molecule has 3 aromatic rings. The second-order valence-electron chi connectivity index (χ2n) is 10.4. The minimum atomic E-state index is -3.77. The van der Waals surface area contributed by atoms with Gasteiger partial charge in [-0.3, -0.25) is 14.7 Å². The lowest BCUT2D eigenvalue weighted by Gasteiger charge is -2.44. The molecule has 2 heterocycles. The van der Waals surface area contributed by atoms with Crippen LogP contribution in [0.1, 0.15) is 50.3 Å². The molecule has 41 heavy (non-hydrogen) atoms. The zero-order valence-corrected chi connectivity index (χ0v) is 26.0. The third kappa shape index (κ3) is 5.04. The number of carbonyl (C=O) groups is 1. The molecule has 0 N–H and O–H groups in total. The lowest BCUT2D eigenvalue weighted by atomic mass is 9.71. The Hall–Kier alpha value is -2.62. The summed E-state index contributed by atoms with van der Waals surface area (Å²) in [5.74, 6) is 0.579. The van der Waals surface area contributed by atoms with Crippen LogP contribution in [0.2, 0.25) is 10.0 Å². The van der Waals surface area contributed by atoms with Crippen LogP contribution < -0.4 is 4.74 Å². The molecule has 2 unspecified atom stereocenters. The lowest BCUT2D eigenvalue weighted by Crippen LogP contribution is -2.53. The molecular weight excluding hydrogens is 605 g/mol. The highest BCUT2D eigenvalue weighted by Gasteiger charge is 2.59. The second-order valence-corrected chi connectivity index (χ2v) is 13.5. The third-order valence-electron chi connectivity index (χ3n) is 8.12. The van der Waals surface area contributed by atoms with Crippen LogP contribution >= 0.6 is 34.8 Å². The summed E-state index contributed by atoms with van der Waals surface area (Å²) < 4.78 is 34.5. The largest absolute Gasteiger partial charge is 0.493 e. The first-order valence-electron chi connectivity index (χ1n) is 13.3. The van der Waals surface area contributed by atoms with Gasteiger partial charge in [0.15, 0.2) is 0 Å². The normalized spacial score (nSPS) is 23.1. The van der Waals surface area contributed by atoms with Crippen LogP contribution in [0.3, 0.4) is 0 Å². The Bertz CT molecular complexity index is 1610. The monoisotopic (exact) mass is 633 g/mol. The molecule has 0 bridgehead atoms. The van der Waals surface area contributed by atoms with Crippen LogP contribution in [0.15, 0.2) is 76.6 Å². The summed E-state index contributed by atoms with van der Waals surface area (Å²) >= 11 is 18.9. The molecule has 0 aliphatic carbocycles. The van der Waals surface area contributed by atoms with Crippen molar-refractivity contribution >= 4 is 56.0 Å². The number of hydrogen-bond acceptors (Lipinski definition) is 5. The molecule has 3 aromatic carbocycles. The van der Waals surface area contributed by atoms with E-state index in [1.165, 1.54) is 21.3 Å². The van der Waals surface area contributed by atoms with Gasteiger partial charge in [-0.25, -0.2) is 8.42 Å². The molecule has 0 aromatic heterocycles. The Balaban J connectivity index is 1.79. The molecule has 0 radical (unpaired) electrons. The van der Waals surface area contributed by atoms with Gasteiger partial charge in [0.05, 0.1) is 17.1 Å². The summed E-state index contributed by atoms with van der Waals surface area (Å²) in [7, 11) is -3.77. The number of benzene rings is 3. The van der Waals surface area contributed by atoms with Crippen molar-refractivity contribution in [2.24, 2.45) is 4.99 Å². The van der Waals surface area contributed by atoms with E-state index in [0.717, 1.165) is 24.0 Å². The van der Waals surface area contributed by atoms with E-state index in [0.29, 0.717) is 41.1 Å². The third-order valence-corrected chi connectivity index (χ3v) is 10.7. The standard InChI is InChI=1S/C30H30Cl3N3O4S/c1-4-40-26-16-15-24(41(38,39)35-17-5-6-18-35)19-25(26)27-34-29(2,20-7-11-22(31)12-8-20)30(3,36(27)28(33)37)21-9-13-23(32)14-10-21/h7-16,19H,4-6,17-18H2,1-3H3. The highest BCUT2D eigenvalue weighted by molar-refractivity contribution is 7.89. The van der Waals surface area contributed by atoms with Crippen molar-refractivity contribution in [1.82, 2.24) is 9.21 Å². The molecule has 1 amide bonds. The van der Waals surface area contributed by atoms with E-state index in [-0.39, 0.29) is 10.7 Å². The van der Waals surface area contributed by atoms with Crippen LogP contribution in [-0.4, -0.2) is 48.5 Å². The fourth-order valence-corrected chi connectivity index (χ4v) is 7.79. The molecule has 0 spiro atoms. The maximum atomic E-state index is 13.6. The number of halogens is 3. The van der Waals surface area contributed by atoms with Gasteiger partial charge in [0.1, 0.15) is 22.7 Å². The minimum Gasteiger partial charge on any atom is -0.493 e. The summed E-state index contributed by atoms with van der Waals surface area (Å²) in [5, 5.41) is 0.303. The predicted octanol–water partition coefficient (Wildman–Crippen LogP) is 7.43. The summed E-state index contributed by atoms with van der Waals surface area (Å²) in [5.41, 5.74) is -0.396. The van der Waals surface area contributed by atoms with E-state index in [1.807, 2.05) is 45.0 Å². The highest BCUT2D eigenvalue weighted by Crippen LogP contribution is 2.54. The van der Waals surface area contributed by atoms with Crippen molar-refractivity contribution in [3.05, 3.63) is 93.5 Å². The molecule has 0 saturated carbocycles. The second kappa shape index (κ2) is 11.2. The van der Waals surface area contributed by atoms with E-state index in [4.69, 9.17) is 44.5 Å². The van der Waals surface area contributed by atoms with Gasteiger partial charge in [-0.2, -0.15) is 4.31 Å². The number of ether oxygens (including phenoxy) is 1. The SMILES string of the molecule is CCOc1ccc(S(=O)(=O)N2CCCC2)cc1C1=NC(C)(c2ccc(Cl)cc2)C(C)(c2ccc(Cl)cc2)N1C(=O)Cl. The van der Waals surface area contributed by atoms with Crippen LogP contribution in [0.5, 0.6) is 5.75 Å². The lowest BCUT2D eigenvalue weighted by molar-refractivity contribution is 0.149. The predicted molar refractivity (Wildman–Crippen MR) is 163 cm³/mol. The number of amides is 1. The maximum Gasteiger partial charge on any atom is 0.322 e. The number of sulfonamides is 1. The first-order chi connectivity index (χ1) is 19.4. The van der Waals surface area contributed by atoms with Crippen LogP contribution in [-0.2, 0) is 21.1 Å². The number of rotatable bonds is 7. The number of amidine groups is 1. The van der Waals surface area contributed by atoms with Gasteiger partial charge in [0.25, 0.3) is 0 Å². The summed E-state index contributed by atoms with van der Waals surface area (Å²) in [4.78, 5) is 20.1. The molecule has 216 valence electrons. The molecule has 1 saturated heterocycles. The van der Waals surface area contributed by atoms with Gasteiger partial charge in [-0.05, 0) is 98.8 Å². The Morgan fingerprint density at radius 2 is 1.49 bits per heavy atom. The average Bonchev–Trinajstić information content (AvgIpc) is 3.57. The molecule has 11 heteroatoms. The van der Waals surface area contributed by atoms with E-state index in [2.05, 4.69) is 0 Å². The Kier molecular flexibility index (Phi) is 8.18. The number of carbonyl (C=O) groups excluding carboxylic acids is 1. The Morgan fingerprint density at radius 1 is 0.927 bits per heavy atom. The highest BCUT2D eigenvalue weighted by atomic mass is 35.5. The van der Waals surface area contributed by atoms with Gasteiger partial charge < -0.3 is 4.74 Å². The van der Waals surface area contributed by atoms with Crippen LogP contribution in [0, 0.1) is 0 Å². The van der Waals surface area contributed by atoms with Crippen molar-refractivity contribution < 1.29 is 17.9 Å². The zero-order valence-electron chi connectivity index (χ0n) is 22.9. The molecule has 7 nitrogen and oxygen atoms in total. The molecular formula is C30H30Cl3N3O4S. The Morgan fingerprint density at radius 3 is 2.02 bits per heavy atom. The number of aliphatic imine (C=N–C) groups is 1. The van der Waals surface area contributed by atoms with Crippen molar-refractivity contribution in [3.8, 4) is 5.75 Å². The molecule has 2 aliphatic heterocycles. The molecule has 5 rings (SSSR count). The molecule has 2 atom stereocenters. The van der Waals surface area contributed by atoms with Crippen LogP contribution in [0.4, 0.5) is 4.79 Å². The summed E-state index contributed by atoms with van der Waals surface area (Å²) in [6.07, 6.45) is 1.62. The first-order valence-corrected chi connectivity index (χ1v) is 15.9. The van der Waals surface area contributed by atoms with Crippen molar-refractivity contribution in [2.45, 2.75) is 49.6 Å². The fourth-order valence-electron chi connectivity index (χ4n) is 5.75. The summed E-state index contributed by atoms with van der Waals surface area (Å²) in [6, 6.07) is 19.1. The smallest absolute Gasteiger partial charge is 0.322 e. The van der Waals surface area contributed by atoms with E-state index in [9.17, 15) is 13.2 Å². The van der Waals surface area contributed by atoms with E-state index >= 15 is 0 Å². The quantitative estimate of drug-likeness (QED) is 0.200. The fraction of sp³-hybridized carbons (Fsp3) is 0.333. The zero-order chi connectivity index (χ0) is 29.6. The van der Waals surface area contributed by atoms with Gasteiger partial charge in [0, 0.05) is 23.1 Å². The molecule has 2 aliphatic rings. The first kappa shape index (κ1) is 29.9. The number of hydrogen-bond donors (Lipinski definition) is 0. The average molecular weight is 635 g/mol. The number of nitrogens with zero attached hydrogens (tertiary/aromatic N) is 3. The minimum absolute atomic E-state index is 0.0933. The maximum absolute atomic E-state index is 13.6. The summed E-state index contributed by atoms with van der Waals surface area (Å²) in [6.45, 7) is 6.86. The van der Waals surface area contributed by atoms with Crippen molar-refractivity contribution in [1.29, 1.82) is 0 Å². The van der Waals surface area contributed by atoms with Gasteiger partial charge in [0.2, 0.25) is 10.0 Å². The van der Waals surface area contributed by atoms with Gasteiger partial charge in [-0.15, -0.1) is 0 Å². The van der Waals surface area contributed by atoms with E-state index in [1.54, 1.807) is 30.3 Å². The van der Waals surface area contributed by atoms with Crippen LogP contribution in [0.25, 0.3) is 0 Å². The van der Waals surface area contributed by atoms with E-state index < -0.39 is 26.5 Å². The Labute approximate surface area is 255 Å².